The van der Waals surface area contributed by atoms with Crippen LogP contribution in [-0.2, 0) is 9.59 Å². The van der Waals surface area contributed by atoms with E-state index in [-0.39, 0.29) is 5.91 Å². The largest absolute Gasteiger partial charge is 0.478 e. The molecule has 1 N–H and O–H groups in total. The standard InChI is InChI=1S/C11H18N2O3/c1-8-6-13(7-9(8)12(2)3)10(14)4-5-11(15)16/h4-5,8-9H,6-7H2,1-3H3,(H,15,16)/b5-4+. The Labute approximate surface area is 95.3 Å². The van der Waals surface area contributed by atoms with Gasteiger partial charge in [-0.2, -0.15) is 0 Å². The molecule has 0 aliphatic carbocycles. The van der Waals surface area contributed by atoms with Crippen LogP contribution in [0.3, 0.4) is 0 Å². The van der Waals surface area contributed by atoms with Crippen LogP contribution < -0.4 is 0 Å². The summed E-state index contributed by atoms with van der Waals surface area (Å²) in [5, 5.41) is 8.43. The maximum Gasteiger partial charge on any atom is 0.328 e. The first-order valence-corrected chi connectivity index (χ1v) is 5.28. The summed E-state index contributed by atoms with van der Waals surface area (Å²) >= 11 is 0. The van der Waals surface area contributed by atoms with E-state index in [1.807, 2.05) is 14.1 Å². The summed E-state index contributed by atoms with van der Waals surface area (Å²) in [4.78, 5) is 25.7. The molecular formula is C11H18N2O3. The van der Waals surface area contributed by atoms with Gasteiger partial charge in [0.25, 0.3) is 0 Å². The van der Waals surface area contributed by atoms with Gasteiger partial charge in [-0.25, -0.2) is 4.79 Å². The third-order valence-electron chi connectivity index (χ3n) is 2.92. The Bertz CT molecular complexity index is 312. The molecule has 0 aromatic carbocycles. The van der Waals surface area contributed by atoms with Gasteiger partial charge in [0.2, 0.25) is 5.91 Å². The van der Waals surface area contributed by atoms with Crippen LogP contribution in [0, 0.1) is 5.92 Å². The van der Waals surface area contributed by atoms with Crippen molar-refractivity contribution in [1.82, 2.24) is 9.80 Å². The molecule has 1 fully saturated rings. The number of carboxylic acid groups (broad SMARTS) is 1. The van der Waals surface area contributed by atoms with Gasteiger partial charge in [-0.15, -0.1) is 0 Å². The van der Waals surface area contributed by atoms with Crippen molar-refractivity contribution in [3.8, 4) is 0 Å². The van der Waals surface area contributed by atoms with Crippen LogP contribution in [0.4, 0.5) is 0 Å². The summed E-state index contributed by atoms with van der Waals surface area (Å²) in [6, 6.07) is 0.349. The Balaban J connectivity index is 2.58. The Morgan fingerprint density at radius 1 is 1.31 bits per heavy atom. The Morgan fingerprint density at radius 3 is 2.38 bits per heavy atom. The maximum atomic E-state index is 11.6. The molecule has 1 aliphatic rings. The van der Waals surface area contributed by atoms with E-state index in [9.17, 15) is 9.59 Å². The van der Waals surface area contributed by atoms with E-state index in [0.29, 0.717) is 25.0 Å². The van der Waals surface area contributed by atoms with Gasteiger partial charge in [0.1, 0.15) is 0 Å². The van der Waals surface area contributed by atoms with Crippen molar-refractivity contribution in [2.75, 3.05) is 27.2 Å². The quantitative estimate of drug-likeness (QED) is 0.690. The zero-order chi connectivity index (χ0) is 12.3. The van der Waals surface area contributed by atoms with Crippen LogP contribution in [0.1, 0.15) is 6.92 Å². The molecule has 5 heteroatoms. The molecule has 5 nitrogen and oxygen atoms in total. The van der Waals surface area contributed by atoms with E-state index in [0.717, 1.165) is 12.2 Å². The highest BCUT2D eigenvalue weighted by molar-refractivity contribution is 5.94. The summed E-state index contributed by atoms with van der Waals surface area (Å²) in [5.41, 5.74) is 0. The fourth-order valence-corrected chi connectivity index (χ4v) is 2.05. The van der Waals surface area contributed by atoms with E-state index in [2.05, 4.69) is 11.8 Å². The van der Waals surface area contributed by atoms with Gasteiger partial charge in [-0.1, -0.05) is 6.92 Å². The average molecular weight is 226 g/mol. The molecule has 1 rings (SSSR count). The van der Waals surface area contributed by atoms with E-state index >= 15 is 0 Å². The van der Waals surface area contributed by atoms with E-state index in [4.69, 9.17) is 5.11 Å². The van der Waals surface area contributed by atoms with Crippen molar-refractivity contribution in [2.24, 2.45) is 5.92 Å². The smallest absolute Gasteiger partial charge is 0.328 e. The number of hydrogen-bond acceptors (Lipinski definition) is 3. The number of carboxylic acids is 1. The zero-order valence-corrected chi connectivity index (χ0v) is 9.88. The molecule has 1 heterocycles. The molecule has 0 aromatic rings. The fourth-order valence-electron chi connectivity index (χ4n) is 2.05. The highest BCUT2D eigenvalue weighted by atomic mass is 16.4. The number of rotatable bonds is 3. The lowest BCUT2D eigenvalue weighted by molar-refractivity contribution is -0.132. The first-order chi connectivity index (χ1) is 7.41. The normalized spacial score (nSPS) is 25.6. The molecule has 0 bridgehead atoms. The second-order valence-electron chi connectivity index (χ2n) is 4.42. The zero-order valence-electron chi connectivity index (χ0n) is 9.88. The molecule has 0 saturated carbocycles. The molecule has 2 unspecified atom stereocenters. The van der Waals surface area contributed by atoms with Gasteiger partial charge < -0.3 is 14.9 Å². The molecular weight excluding hydrogens is 208 g/mol. The molecule has 0 aromatic heterocycles. The summed E-state index contributed by atoms with van der Waals surface area (Å²) in [7, 11) is 3.98. The first-order valence-electron chi connectivity index (χ1n) is 5.28. The predicted octanol–water partition coefficient (Wildman–Crippen LogP) is 0.0357. The summed E-state index contributed by atoms with van der Waals surface area (Å²) in [6.45, 7) is 3.45. The Hall–Kier alpha value is -1.36. The average Bonchev–Trinajstić information content (AvgIpc) is 2.56. The number of amides is 1. The van der Waals surface area contributed by atoms with Crippen LogP contribution in [0.25, 0.3) is 0 Å². The van der Waals surface area contributed by atoms with Crippen LogP contribution in [0.5, 0.6) is 0 Å². The Morgan fingerprint density at radius 2 is 1.94 bits per heavy atom. The van der Waals surface area contributed by atoms with Crippen molar-refractivity contribution in [1.29, 1.82) is 0 Å². The van der Waals surface area contributed by atoms with E-state index in [1.165, 1.54) is 0 Å². The minimum Gasteiger partial charge on any atom is -0.478 e. The third-order valence-corrected chi connectivity index (χ3v) is 2.92. The number of hydrogen-bond donors (Lipinski definition) is 1. The van der Waals surface area contributed by atoms with Crippen molar-refractivity contribution in [3.05, 3.63) is 12.2 Å². The topological polar surface area (TPSA) is 60.9 Å². The van der Waals surface area contributed by atoms with Crippen molar-refractivity contribution >= 4 is 11.9 Å². The fraction of sp³-hybridized carbons (Fsp3) is 0.636. The summed E-state index contributed by atoms with van der Waals surface area (Å²) < 4.78 is 0. The predicted molar refractivity (Wildman–Crippen MR) is 60.0 cm³/mol. The van der Waals surface area contributed by atoms with Crippen molar-refractivity contribution in [3.63, 3.8) is 0 Å². The molecule has 1 amide bonds. The highest BCUT2D eigenvalue weighted by Gasteiger charge is 2.32. The summed E-state index contributed by atoms with van der Waals surface area (Å²) in [6.07, 6.45) is 2.00. The van der Waals surface area contributed by atoms with Crippen molar-refractivity contribution in [2.45, 2.75) is 13.0 Å². The van der Waals surface area contributed by atoms with Gasteiger partial charge in [0.15, 0.2) is 0 Å². The lowest BCUT2D eigenvalue weighted by Crippen LogP contribution is -2.35. The number of aliphatic carboxylic acids is 1. The Kier molecular flexibility index (Phi) is 4.06. The van der Waals surface area contributed by atoms with Gasteiger partial charge >= 0.3 is 5.97 Å². The van der Waals surface area contributed by atoms with Crippen LogP contribution in [0.2, 0.25) is 0 Å². The number of likely N-dealkylation sites (N-methyl/N-ethyl adjacent to an activating group) is 1. The summed E-state index contributed by atoms with van der Waals surface area (Å²) in [5.74, 6) is -0.902. The lowest BCUT2D eigenvalue weighted by Gasteiger charge is -2.22. The monoisotopic (exact) mass is 226 g/mol. The van der Waals surface area contributed by atoms with Gasteiger partial charge in [-0.3, -0.25) is 4.79 Å². The number of carbonyl (C=O) groups excluding carboxylic acids is 1. The third kappa shape index (κ3) is 3.06. The molecule has 90 valence electrons. The molecule has 1 saturated heterocycles. The second kappa shape index (κ2) is 5.12. The van der Waals surface area contributed by atoms with E-state index < -0.39 is 5.97 Å². The number of carbonyl (C=O) groups is 2. The lowest BCUT2D eigenvalue weighted by atomic mass is 10.1. The van der Waals surface area contributed by atoms with Crippen LogP contribution in [-0.4, -0.2) is 60.0 Å². The SMILES string of the molecule is CC1CN(C(=O)/C=C/C(=O)O)CC1N(C)C. The molecule has 0 radical (unpaired) electrons. The molecule has 2 atom stereocenters. The van der Waals surface area contributed by atoms with Gasteiger partial charge in [0.05, 0.1) is 0 Å². The number of nitrogens with zero attached hydrogens (tertiary/aromatic N) is 2. The van der Waals surface area contributed by atoms with Gasteiger partial charge in [-0.05, 0) is 20.0 Å². The van der Waals surface area contributed by atoms with Crippen LogP contribution in [0.15, 0.2) is 12.2 Å². The first kappa shape index (κ1) is 12.7. The highest BCUT2D eigenvalue weighted by Crippen LogP contribution is 2.19. The van der Waals surface area contributed by atoms with Crippen LogP contribution >= 0.6 is 0 Å². The minimum absolute atomic E-state index is 0.224. The maximum absolute atomic E-state index is 11.6. The molecule has 16 heavy (non-hydrogen) atoms. The van der Waals surface area contributed by atoms with Crippen molar-refractivity contribution < 1.29 is 14.7 Å². The minimum atomic E-state index is -1.09. The second-order valence-corrected chi connectivity index (χ2v) is 4.42. The number of likely N-dealkylation sites (tertiary alicyclic amines) is 1. The molecule has 1 aliphatic heterocycles. The van der Waals surface area contributed by atoms with Gasteiger partial charge in [0, 0.05) is 31.3 Å². The molecule has 0 spiro atoms. The van der Waals surface area contributed by atoms with E-state index in [1.54, 1.807) is 4.90 Å².